The molecule has 0 aliphatic carbocycles. The lowest BCUT2D eigenvalue weighted by atomic mass is 10.00. The molecular formula is C13H20F2N2O. The van der Waals surface area contributed by atoms with Crippen LogP contribution in [0.3, 0.4) is 0 Å². The van der Waals surface area contributed by atoms with Crippen LogP contribution in [0, 0.1) is 11.6 Å². The third kappa shape index (κ3) is 3.40. The van der Waals surface area contributed by atoms with E-state index >= 15 is 0 Å². The maximum absolute atomic E-state index is 14.0. The van der Waals surface area contributed by atoms with Gasteiger partial charge in [0.15, 0.2) is 11.6 Å². The van der Waals surface area contributed by atoms with Gasteiger partial charge in [-0.1, -0.05) is 0 Å². The summed E-state index contributed by atoms with van der Waals surface area (Å²) >= 11 is 0. The lowest BCUT2D eigenvalue weighted by Gasteiger charge is -2.25. The van der Waals surface area contributed by atoms with Crippen molar-refractivity contribution in [1.29, 1.82) is 0 Å². The largest absolute Gasteiger partial charge is 0.494 e. The van der Waals surface area contributed by atoms with E-state index in [4.69, 9.17) is 10.5 Å². The lowest BCUT2D eigenvalue weighted by molar-refractivity contribution is 0.271. The summed E-state index contributed by atoms with van der Waals surface area (Å²) in [7, 11) is 4.99. The molecule has 18 heavy (non-hydrogen) atoms. The molecule has 1 atom stereocenters. The summed E-state index contributed by atoms with van der Waals surface area (Å²) in [6.45, 7) is 0.532. The highest BCUT2D eigenvalue weighted by molar-refractivity contribution is 5.32. The first-order chi connectivity index (χ1) is 8.51. The molecule has 0 aliphatic heterocycles. The van der Waals surface area contributed by atoms with Crippen LogP contribution in [-0.4, -0.2) is 32.6 Å². The van der Waals surface area contributed by atoms with Gasteiger partial charge in [-0.05, 0) is 39.5 Å². The van der Waals surface area contributed by atoms with E-state index in [9.17, 15) is 8.78 Å². The van der Waals surface area contributed by atoms with Crippen LogP contribution in [-0.2, 0) is 0 Å². The summed E-state index contributed by atoms with van der Waals surface area (Å²) in [4.78, 5) is 1.86. The second kappa shape index (κ2) is 6.66. The highest BCUT2D eigenvalue weighted by Gasteiger charge is 2.20. The van der Waals surface area contributed by atoms with Crippen molar-refractivity contribution in [3.63, 3.8) is 0 Å². The van der Waals surface area contributed by atoms with Gasteiger partial charge in [0, 0.05) is 17.7 Å². The van der Waals surface area contributed by atoms with Gasteiger partial charge in [0.25, 0.3) is 0 Å². The zero-order valence-corrected chi connectivity index (χ0v) is 11.0. The molecule has 0 saturated heterocycles. The van der Waals surface area contributed by atoms with Crippen molar-refractivity contribution >= 4 is 0 Å². The van der Waals surface area contributed by atoms with Gasteiger partial charge in [-0.3, -0.25) is 0 Å². The first-order valence-electron chi connectivity index (χ1n) is 5.90. The van der Waals surface area contributed by atoms with Gasteiger partial charge >= 0.3 is 0 Å². The third-order valence-corrected chi connectivity index (χ3v) is 2.94. The zero-order chi connectivity index (χ0) is 13.7. The Labute approximate surface area is 107 Å². The number of hydrogen-bond donors (Lipinski definition) is 1. The predicted molar refractivity (Wildman–Crippen MR) is 67.6 cm³/mol. The summed E-state index contributed by atoms with van der Waals surface area (Å²) in [6.07, 6.45) is 1.45. The SMILES string of the molecule is COc1cc(F)c(C(CCCN)N(C)C)cc1F. The number of methoxy groups -OCH3 is 1. The Morgan fingerprint density at radius 3 is 2.44 bits per heavy atom. The van der Waals surface area contributed by atoms with Gasteiger partial charge in [-0.2, -0.15) is 0 Å². The molecule has 0 spiro atoms. The van der Waals surface area contributed by atoms with Crippen LogP contribution in [0.5, 0.6) is 5.75 Å². The van der Waals surface area contributed by atoms with E-state index in [1.165, 1.54) is 13.2 Å². The molecule has 3 nitrogen and oxygen atoms in total. The summed E-state index contributed by atoms with van der Waals surface area (Å²) in [5, 5.41) is 0. The number of ether oxygens (including phenoxy) is 1. The fraction of sp³-hybridized carbons (Fsp3) is 0.538. The number of benzene rings is 1. The average Bonchev–Trinajstić information content (AvgIpc) is 2.32. The maximum Gasteiger partial charge on any atom is 0.165 e. The highest BCUT2D eigenvalue weighted by Crippen LogP contribution is 2.30. The fourth-order valence-electron chi connectivity index (χ4n) is 1.96. The zero-order valence-electron chi connectivity index (χ0n) is 11.0. The molecule has 1 rings (SSSR count). The minimum Gasteiger partial charge on any atom is -0.494 e. The molecular weight excluding hydrogens is 238 g/mol. The second-order valence-electron chi connectivity index (χ2n) is 4.42. The molecule has 0 heterocycles. The molecule has 1 aromatic carbocycles. The number of nitrogens with two attached hydrogens (primary N) is 1. The Hall–Kier alpha value is -1.20. The van der Waals surface area contributed by atoms with Gasteiger partial charge < -0.3 is 15.4 Å². The van der Waals surface area contributed by atoms with E-state index in [2.05, 4.69) is 0 Å². The Morgan fingerprint density at radius 1 is 1.28 bits per heavy atom. The average molecular weight is 258 g/mol. The minimum absolute atomic E-state index is 0.0763. The molecule has 2 N–H and O–H groups in total. The summed E-state index contributed by atoms with van der Waals surface area (Å²) < 4.78 is 32.3. The van der Waals surface area contributed by atoms with E-state index < -0.39 is 11.6 Å². The van der Waals surface area contributed by atoms with Crippen LogP contribution >= 0.6 is 0 Å². The van der Waals surface area contributed by atoms with Crippen molar-refractivity contribution in [2.45, 2.75) is 18.9 Å². The van der Waals surface area contributed by atoms with E-state index in [1.54, 1.807) is 0 Å². The van der Waals surface area contributed by atoms with Crippen LogP contribution in [0.1, 0.15) is 24.4 Å². The van der Waals surface area contributed by atoms with E-state index in [1.807, 2.05) is 19.0 Å². The van der Waals surface area contributed by atoms with Crippen LogP contribution < -0.4 is 10.5 Å². The quantitative estimate of drug-likeness (QED) is 0.851. The van der Waals surface area contributed by atoms with Crippen LogP contribution in [0.15, 0.2) is 12.1 Å². The number of hydrogen-bond acceptors (Lipinski definition) is 3. The molecule has 0 saturated carbocycles. The smallest absolute Gasteiger partial charge is 0.165 e. The molecule has 0 radical (unpaired) electrons. The summed E-state index contributed by atoms with van der Waals surface area (Å²) in [5.74, 6) is -1.08. The molecule has 102 valence electrons. The van der Waals surface area contributed by atoms with Crippen molar-refractivity contribution in [2.24, 2.45) is 5.73 Å². The number of halogens is 2. The molecule has 1 aromatic rings. The van der Waals surface area contributed by atoms with Gasteiger partial charge in [-0.25, -0.2) is 8.78 Å². The first-order valence-corrected chi connectivity index (χ1v) is 5.90. The van der Waals surface area contributed by atoms with E-state index in [0.717, 1.165) is 12.5 Å². The second-order valence-corrected chi connectivity index (χ2v) is 4.42. The predicted octanol–water partition coefficient (Wildman–Crippen LogP) is 2.32. The van der Waals surface area contributed by atoms with Crippen molar-refractivity contribution in [2.75, 3.05) is 27.7 Å². The van der Waals surface area contributed by atoms with Crippen LogP contribution in [0.2, 0.25) is 0 Å². The molecule has 1 unspecified atom stereocenters. The van der Waals surface area contributed by atoms with Crippen LogP contribution in [0.4, 0.5) is 8.78 Å². The Kier molecular flexibility index (Phi) is 5.50. The topological polar surface area (TPSA) is 38.5 Å². The Balaban J connectivity index is 3.08. The summed E-state index contributed by atoms with van der Waals surface area (Å²) in [6, 6.07) is 2.10. The fourth-order valence-corrected chi connectivity index (χ4v) is 1.96. The Morgan fingerprint density at radius 2 is 1.94 bits per heavy atom. The minimum atomic E-state index is -0.548. The highest BCUT2D eigenvalue weighted by atomic mass is 19.1. The van der Waals surface area contributed by atoms with Crippen molar-refractivity contribution in [3.8, 4) is 5.75 Å². The maximum atomic E-state index is 14.0. The lowest BCUT2D eigenvalue weighted by Crippen LogP contribution is -2.22. The van der Waals surface area contributed by atoms with Crippen LogP contribution in [0.25, 0.3) is 0 Å². The van der Waals surface area contributed by atoms with E-state index in [0.29, 0.717) is 18.5 Å². The van der Waals surface area contributed by atoms with Gasteiger partial charge in [0.1, 0.15) is 5.82 Å². The van der Waals surface area contributed by atoms with Crippen molar-refractivity contribution in [3.05, 3.63) is 29.3 Å². The third-order valence-electron chi connectivity index (χ3n) is 2.94. The molecule has 0 fully saturated rings. The van der Waals surface area contributed by atoms with Gasteiger partial charge in [0.2, 0.25) is 0 Å². The Bertz CT molecular complexity index is 397. The van der Waals surface area contributed by atoms with Gasteiger partial charge in [-0.15, -0.1) is 0 Å². The molecule has 0 amide bonds. The molecule has 0 aromatic heterocycles. The van der Waals surface area contributed by atoms with Crippen molar-refractivity contribution < 1.29 is 13.5 Å². The molecule has 5 heteroatoms. The summed E-state index contributed by atoms with van der Waals surface area (Å²) in [5.41, 5.74) is 5.80. The van der Waals surface area contributed by atoms with Gasteiger partial charge in [0.05, 0.1) is 7.11 Å². The first kappa shape index (κ1) is 14.9. The number of nitrogens with zero attached hydrogens (tertiary/aromatic N) is 1. The number of rotatable bonds is 6. The normalized spacial score (nSPS) is 12.8. The molecule has 0 aliphatic rings. The monoisotopic (exact) mass is 258 g/mol. The standard InChI is InChI=1S/C13H20F2N2O/c1-17(2)12(5-4-6-16)9-7-11(15)13(18-3)8-10(9)14/h7-8,12H,4-6,16H2,1-3H3. The van der Waals surface area contributed by atoms with Crippen molar-refractivity contribution in [1.82, 2.24) is 4.90 Å². The molecule has 0 bridgehead atoms. The van der Waals surface area contributed by atoms with E-state index in [-0.39, 0.29) is 11.8 Å².